The number of nitrogens with zero attached hydrogens (tertiary/aromatic N) is 1. The number of piperidine rings is 2. The van der Waals surface area contributed by atoms with Crippen LogP contribution in [0.2, 0.25) is 0 Å². The van der Waals surface area contributed by atoms with Crippen LogP contribution >= 0.6 is 0 Å². The minimum absolute atomic E-state index is 0.191. The highest BCUT2D eigenvalue weighted by Crippen LogP contribution is 2.38. The normalized spacial score (nSPS) is 34.7. The van der Waals surface area contributed by atoms with Crippen molar-refractivity contribution in [1.82, 2.24) is 4.90 Å². The summed E-state index contributed by atoms with van der Waals surface area (Å²) in [6.45, 7) is 7.21. The summed E-state index contributed by atoms with van der Waals surface area (Å²) >= 11 is 0. The van der Waals surface area contributed by atoms with Crippen molar-refractivity contribution in [3.05, 3.63) is 0 Å². The van der Waals surface area contributed by atoms with E-state index in [0.29, 0.717) is 17.9 Å². The summed E-state index contributed by atoms with van der Waals surface area (Å²) in [4.78, 5) is 13.5. The molecule has 2 atom stereocenters. The highest BCUT2D eigenvalue weighted by Gasteiger charge is 2.46. The van der Waals surface area contributed by atoms with Gasteiger partial charge in [0.2, 0.25) is 0 Å². The number of hydrogen-bond acceptors (Lipinski definition) is 3. The molecule has 3 rings (SSSR count). The molecule has 1 aliphatic carbocycles. The molecular weight excluding hydrogens is 192 g/mol. The van der Waals surface area contributed by atoms with Gasteiger partial charge in [0.15, 0.2) is 0 Å². The van der Waals surface area contributed by atoms with Crippen LogP contribution in [-0.2, 0) is 4.74 Å². The van der Waals surface area contributed by atoms with Gasteiger partial charge in [0, 0.05) is 19.1 Å². The van der Waals surface area contributed by atoms with E-state index in [0.717, 1.165) is 13.1 Å². The third kappa shape index (κ3) is 2.09. The second-order valence-electron chi connectivity index (χ2n) is 5.72. The minimum atomic E-state index is -0.402. The molecule has 2 saturated heterocycles. The molecule has 15 heavy (non-hydrogen) atoms. The van der Waals surface area contributed by atoms with Crippen LogP contribution in [0.4, 0.5) is 4.79 Å². The molecule has 4 heteroatoms. The summed E-state index contributed by atoms with van der Waals surface area (Å²) in [5, 5.41) is 0. The number of amides is 1. The first kappa shape index (κ1) is 10.7. The fourth-order valence-electron chi connectivity index (χ4n) is 2.40. The van der Waals surface area contributed by atoms with E-state index in [2.05, 4.69) is 0 Å². The topological polar surface area (TPSA) is 55.6 Å². The molecule has 1 amide bonds. The molecule has 2 heterocycles. The van der Waals surface area contributed by atoms with E-state index in [4.69, 9.17) is 10.5 Å². The van der Waals surface area contributed by atoms with Gasteiger partial charge in [0.05, 0.1) is 0 Å². The molecule has 2 unspecified atom stereocenters. The van der Waals surface area contributed by atoms with E-state index < -0.39 is 5.60 Å². The fourth-order valence-corrected chi connectivity index (χ4v) is 2.40. The average molecular weight is 212 g/mol. The summed E-state index contributed by atoms with van der Waals surface area (Å²) in [5.74, 6) is 0.993. The maximum atomic E-state index is 11.7. The summed E-state index contributed by atoms with van der Waals surface area (Å²) < 4.78 is 5.33. The fraction of sp³-hybridized carbons (Fsp3) is 0.909. The van der Waals surface area contributed by atoms with Crippen molar-refractivity contribution in [2.45, 2.75) is 38.8 Å². The Hall–Kier alpha value is -0.770. The third-order valence-corrected chi connectivity index (χ3v) is 3.26. The van der Waals surface area contributed by atoms with Gasteiger partial charge in [0.25, 0.3) is 0 Å². The van der Waals surface area contributed by atoms with Crippen molar-refractivity contribution >= 4 is 6.09 Å². The number of hydrogen-bond donors (Lipinski definition) is 1. The maximum Gasteiger partial charge on any atom is 0.410 e. The molecule has 3 fully saturated rings. The molecule has 0 aromatic heterocycles. The first-order valence-electron chi connectivity index (χ1n) is 5.60. The van der Waals surface area contributed by atoms with Crippen molar-refractivity contribution in [2.75, 3.05) is 13.1 Å². The lowest BCUT2D eigenvalue weighted by molar-refractivity contribution is -0.0265. The highest BCUT2D eigenvalue weighted by molar-refractivity contribution is 5.68. The minimum Gasteiger partial charge on any atom is -0.444 e. The van der Waals surface area contributed by atoms with E-state index >= 15 is 0 Å². The molecule has 3 aliphatic rings. The molecule has 4 nitrogen and oxygen atoms in total. The number of fused-ring (bicyclic) bond motifs is 2. The van der Waals surface area contributed by atoms with Crippen LogP contribution in [0.15, 0.2) is 0 Å². The predicted molar refractivity (Wildman–Crippen MR) is 57.4 cm³/mol. The molecule has 2 bridgehead atoms. The standard InChI is InChI=1S/C11H20N2O2/c1-11(2,3)15-10(14)13-5-7-4-8(6-13)9(7)12/h7-9H,4-6,12H2,1-3H3. The van der Waals surface area contributed by atoms with Gasteiger partial charge in [-0.15, -0.1) is 0 Å². The second kappa shape index (κ2) is 3.37. The smallest absolute Gasteiger partial charge is 0.410 e. The van der Waals surface area contributed by atoms with Crippen LogP contribution in [0, 0.1) is 11.8 Å². The summed E-state index contributed by atoms with van der Waals surface area (Å²) in [7, 11) is 0. The molecule has 1 saturated carbocycles. The first-order chi connectivity index (χ1) is 6.87. The largest absolute Gasteiger partial charge is 0.444 e. The number of carbonyl (C=O) groups excluding carboxylic acids is 1. The number of rotatable bonds is 0. The number of nitrogens with two attached hydrogens (primary N) is 1. The Morgan fingerprint density at radius 2 is 1.87 bits per heavy atom. The molecule has 0 spiro atoms. The van der Waals surface area contributed by atoms with Crippen molar-refractivity contribution in [3.63, 3.8) is 0 Å². The molecule has 0 radical (unpaired) electrons. The van der Waals surface area contributed by atoms with E-state index in [1.54, 1.807) is 4.90 Å². The van der Waals surface area contributed by atoms with Gasteiger partial charge in [-0.1, -0.05) is 0 Å². The molecule has 2 aliphatic heterocycles. The Labute approximate surface area is 90.8 Å². The van der Waals surface area contributed by atoms with Crippen molar-refractivity contribution < 1.29 is 9.53 Å². The van der Waals surface area contributed by atoms with Crippen LogP contribution in [0.5, 0.6) is 0 Å². The number of carbonyl (C=O) groups is 1. The van der Waals surface area contributed by atoms with Gasteiger partial charge < -0.3 is 15.4 Å². The van der Waals surface area contributed by atoms with Crippen LogP contribution in [-0.4, -0.2) is 35.7 Å². The zero-order valence-electron chi connectivity index (χ0n) is 9.69. The van der Waals surface area contributed by atoms with E-state index in [9.17, 15) is 4.79 Å². The Kier molecular flexibility index (Phi) is 2.41. The van der Waals surface area contributed by atoms with Crippen LogP contribution in [0.1, 0.15) is 27.2 Å². The lowest BCUT2D eigenvalue weighted by atomic mass is 9.67. The summed E-state index contributed by atoms with van der Waals surface area (Å²) in [6.07, 6.45) is 0.990. The summed E-state index contributed by atoms with van der Waals surface area (Å²) in [6, 6.07) is 0.309. The molecule has 2 N–H and O–H groups in total. The Morgan fingerprint density at radius 3 is 2.27 bits per heavy atom. The van der Waals surface area contributed by atoms with Crippen LogP contribution in [0.3, 0.4) is 0 Å². The van der Waals surface area contributed by atoms with Crippen LogP contribution in [0.25, 0.3) is 0 Å². The lowest BCUT2D eigenvalue weighted by Crippen LogP contribution is -2.63. The zero-order valence-corrected chi connectivity index (χ0v) is 9.69. The van der Waals surface area contributed by atoms with Crippen molar-refractivity contribution in [1.29, 1.82) is 0 Å². The summed E-state index contributed by atoms with van der Waals surface area (Å²) in [5.41, 5.74) is 5.54. The molecule has 0 aromatic carbocycles. The zero-order chi connectivity index (χ0) is 11.2. The average Bonchev–Trinajstić information content (AvgIpc) is 2.14. The van der Waals surface area contributed by atoms with Gasteiger partial charge in [-0.25, -0.2) is 4.79 Å². The lowest BCUT2D eigenvalue weighted by Gasteiger charge is -2.51. The monoisotopic (exact) mass is 212 g/mol. The Morgan fingerprint density at radius 1 is 1.33 bits per heavy atom. The van der Waals surface area contributed by atoms with Gasteiger partial charge in [-0.2, -0.15) is 0 Å². The maximum absolute atomic E-state index is 11.7. The quantitative estimate of drug-likeness (QED) is 0.656. The first-order valence-corrected chi connectivity index (χ1v) is 5.60. The predicted octanol–water partition coefficient (Wildman–Crippen LogP) is 1.20. The molecule has 86 valence electrons. The van der Waals surface area contributed by atoms with Crippen molar-refractivity contribution in [2.24, 2.45) is 17.6 Å². The highest BCUT2D eigenvalue weighted by atomic mass is 16.6. The van der Waals surface area contributed by atoms with E-state index in [-0.39, 0.29) is 6.09 Å². The third-order valence-electron chi connectivity index (χ3n) is 3.26. The van der Waals surface area contributed by atoms with Gasteiger partial charge in [-0.05, 0) is 39.0 Å². The molecular formula is C11H20N2O2. The van der Waals surface area contributed by atoms with Gasteiger partial charge in [-0.3, -0.25) is 0 Å². The van der Waals surface area contributed by atoms with E-state index in [1.807, 2.05) is 20.8 Å². The Bertz CT molecular complexity index is 260. The SMILES string of the molecule is CC(C)(C)OC(=O)N1CC2CC(C1)C2N. The number of ether oxygens (including phenoxy) is 1. The van der Waals surface area contributed by atoms with Crippen LogP contribution < -0.4 is 5.73 Å². The van der Waals surface area contributed by atoms with Gasteiger partial charge >= 0.3 is 6.09 Å². The molecule has 0 aromatic rings. The van der Waals surface area contributed by atoms with E-state index in [1.165, 1.54) is 6.42 Å². The van der Waals surface area contributed by atoms with Gasteiger partial charge in [0.1, 0.15) is 5.60 Å². The second-order valence-corrected chi connectivity index (χ2v) is 5.72. The van der Waals surface area contributed by atoms with Crippen molar-refractivity contribution in [3.8, 4) is 0 Å². The Balaban J connectivity index is 1.88.